The van der Waals surface area contributed by atoms with Crippen LogP contribution in [0.15, 0.2) is 50.3 Å². The number of anilines is 1. The summed E-state index contributed by atoms with van der Waals surface area (Å²) in [5.74, 6) is 1.96. The summed E-state index contributed by atoms with van der Waals surface area (Å²) in [6, 6.07) is 8.91. The molecule has 0 bridgehead atoms. The average Bonchev–Trinajstić information content (AvgIpc) is 3.08. The maximum absolute atomic E-state index is 5.88. The first-order valence-electron chi connectivity index (χ1n) is 5.76. The summed E-state index contributed by atoms with van der Waals surface area (Å²) < 4.78 is 10.7. The minimum absolute atomic E-state index is 0.370. The summed E-state index contributed by atoms with van der Waals surface area (Å²) in [6.45, 7) is 0. The van der Waals surface area contributed by atoms with E-state index in [0.717, 1.165) is 4.90 Å². The molecule has 3 rings (SSSR count). The first-order valence-corrected chi connectivity index (χ1v) is 7.13. The van der Waals surface area contributed by atoms with Crippen molar-refractivity contribution in [2.75, 3.05) is 5.73 Å². The van der Waals surface area contributed by atoms with Gasteiger partial charge in [-0.1, -0.05) is 11.6 Å². The molecule has 0 aliphatic rings. The molecular formula is C13H10ClN3O2S. The number of hydrogen-bond donors (Lipinski definition) is 1. The molecule has 0 spiro atoms. The van der Waals surface area contributed by atoms with Gasteiger partial charge in [0.05, 0.1) is 12.0 Å². The zero-order valence-electron chi connectivity index (χ0n) is 10.2. The van der Waals surface area contributed by atoms with E-state index in [-0.39, 0.29) is 0 Å². The fourth-order valence-corrected chi connectivity index (χ4v) is 2.57. The van der Waals surface area contributed by atoms with Crippen molar-refractivity contribution < 1.29 is 8.83 Å². The highest BCUT2D eigenvalue weighted by atomic mass is 35.5. The Bertz CT molecular complexity index is 712. The third-order valence-corrected chi connectivity index (χ3v) is 3.83. The van der Waals surface area contributed by atoms with Gasteiger partial charge in [-0.25, -0.2) is 0 Å². The van der Waals surface area contributed by atoms with E-state index in [1.807, 2.05) is 6.07 Å². The predicted octanol–water partition coefficient (Wildman–Crippen LogP) is 3.86. The van der Waals surface area contributed by atoms with Gasteiger partial charge in [-0.3, -0.25) is 0 Å². The number of halogens is 1. The monoisotopic (exact) mass is 307 g/mol. The molecule has 2 aromatic heterocycles. The summed E-state index contributed by atoms with van der Waals surface area (Å²) >= 11 is 7.36. The minimum Gasteiger partial charge on any atom is -0.459 e. The summed E-state index contributed by atoms with van der Waals surface area (Å²) in [4.78, 5) is 0.923. The van der Waals surface area contributed by atoms with Crippen LogP contribution in [0.2, 0.25) is 5.02 Å². The number of furan rings is 1. The van der Waals surface area contributed by atoms with Gasteiger partial charge in [0.25, 0.3) is 5.89 Å². The fourth-order valence-electron chi connectivity index (χ4n) is 1.60. The summed E-state index contributed by atoms with van der Waals surface area (Å²) in [7, 11) is 0. The van der Waals surface area contributed by atoms with Gasteiger partial charge in [-0.05, 0) is 30.3 Å². The molecule has 0 radical (unpaired) electrons. The van der Waals surface area contributed by atoms with Gasteiger partial charge in [-0.2, -0.15) is 0 Å². The quantitative estimate of drug-likeness (QED) is 0.582. The Morgan fingerprint density at radius 3 is 2.90 bits per heavy atom. The molecule has 7 heteroatoms. The summed E-state index contributed by atoms with van der Waals surface area (Å²) in [5, 5.41) is 8.52. The number of nitrogens with zero attached hydrogens (tertiary/aromatic N) is 2. The van der Waals surface area contributed by atoms with Gasteiger partial charge in [0.2, 0.25) is 5.89 Å². The second-order valence-electron chi connectivity index (χ2n) is 3.95. The number of nitrogen functional groups attached to an aromatic ring is 1. The SMILES string of the molecule is Nc1cc(Cl)ccc1SCc1nnc(-c2ccco2)o1. The van der Waals surface area contributed by atoms with Crippen molar-refractivity contribution in [2.45, 2.75) is 10.6 Å². The van der Waals surface area contributed by atoms with E-state index in [9.17, 15) is 0 Å². The number of rotatable bonds is 4. The lowest BCUT2D eigenvalue weighted by Crippen LogP contribution is -1.89. The molecule has 3 aromatic rings. The van der Waals surface area contributed by atoms with Gasteiger partial charge in [-0.15, -0.1) is 22.0 Å². The number of nitrogens with two attached hydrogens (primary N) is 1. The van der Waals surface area contributed by atoms with Crippen LogP contribution in [0.1, 0.15) is 5.89 Å². The molecule has 5 nitrogen and oxygen atoms in total. The van der Waals surface area contributed by atoms with Gasteiger partial charge < -0.3 is 14.6 Å². The van der Waals surface area contributed by atoms with Gasteiger partial charge in [0.1, 0.15) is 0 Å². The molecule has 0 saturated heterocycles. The second-order valence-corrected chi connectivity index (χ2v) is 5.40. The summed E-state index contributed by atoms with van der Waals surface area (Å²) in [6.07, 6.45) is 1.56. The average molecular weight is 308 g/mol. The molecule has 20 heavy (non-hydrogen) atoms. The number of benzene rings is 1. The Kier molecular flexibility index (Phi) is 3.66. The van der Waals surface area contributed by atoms with Crippen LogP contribution in [0.25, 0.3) is 11.7 Å². The molecule has 102 valence electrons. The normalized spacial score (nSPS) is 10.8. The Morgan fingerprint density at radius 2 is 2.15 bits per heavy atom. The Morgan fingerprint density at radius 1 is 1.25 bits per heavy atom. The molecule has 0 atom stereocenters. The molecule has 0 fully saturated rings. The van der Waals surface area contributed by atoms with Crippen molar-refractivity contribution in [2.24, 2.45) is 0 Å². The third kappa shape index (κ3) is 2.81. The van der Waals surface area contributed by atoms with Crippen molar-refractivity contribution in [3.8, 4) is 11.7 Å². The van der Waals surface area contributed by atoms with Crippen molar-refractivity contribution in [3.63, 3.8) is 0 Å². The van der Waals surface area contributed by atoms with E-state index < -0.39 is 0 Å². The third-order valence-electron chi connectivity index (χ3n) is 2.52. The van der Waals surface area contributed by atoms with Crippen molar-refractivity contribution >= 4 is 29.1 Å². The Hall–Kier alpha value is -1.92. The fraction of sp³-hybridized carbons (Fsp3) is 0.0769. The Labute approximate surface area is 124 Å². The van der Waals surface area contributed by atoms with E-state index in [2.05, 4.69) is 10.2 Å². The summed E-state index contributed by atoms with van der Waals surface area (Å²) in [5.41, 5.74) is 6.51. The maximum atomic E-state index is 5.88. The van der Waals surface area contributed by atoms with E-state index in [1.54, 1.807) is 30.5 Å². The van der Waals surface area contributed by atoms with E-state index in [1.165, 1.54) is 11.8 Å². The van der Waals surface area contributed by atoms with Crippen LogP contribution in [0.4, 0.5) is 5.69 Å². The lowest BCUT2D eigenvalue weighted by atomic mass is 10.3. The van der Waals surface area contributed by atoms with Crippen molar-refractivity contribution in [3.05, 3.63) is 47.5 Å². The molecular weight excluding hydrogens is 298 g/mol. The van der Waals surface area contributed by atoms with Crippen molar-refractivity contribution in [1.82, 2.24) is 10.2 Å². The molecule has 1 aromatic carbocycles. The van der Waals surface area contributed by atoms with Crippen LogP contribution in [0.3, 0.4) is 0 Å². The van der Waals surface area contributed by atoms with E-state index in [0.29, 0.717) is 34.0 Å². The number of thioether (sulfide) groups is 1. The zero-order valence-corrected chi connectivity index (χ0v) is 11.8. The number of aromatic nitrogens is 2. The molecule has 0 saturated carbocycles. The molecule has 0 aliphatic heterocycles. The molecule has 2 heterocycles. The standard InChI is InChI=1S/C13H10ClN3O2S/c14-8-3-4-11(9(15)6-8)20-7-12-16-17-13(19-12)10-2-1-5-18-10/h1-6H,7,15H2. The van der Waals surface area contributed by atoms with Crippen LogP contribution in [-0.2, 0) is 5.75 Å². The first kappa shape index (κ1) is 13.1. The highest BCUT2D eigenvalue weighted by Crippen LogP contribution is 2.30. The van der Waals surface area contributed by atoms with E-state index in [4.69, 9.17) is 26.2 Å². The largest absolute Gasteiger partial charge is 0.459 e. The minimum atomic E-state index is 0.370. The molecule has 2 N–H and O–H groups in total. The smallest absolute Gasteiger partial charge is 0.283 e. The molecule has 0 unspecified atom stereocenters. The Balaban J connectivity index is 1.70. The highest BCUT2D eigenvalue weighted by Gasteiger charge is 2.11. The van der Waals surface area contributed by atoms with Gasteiger partial charge in [0.15, 0.2) is 5.76 Å². The second kappa shape index (κ2) is 5.60. The lowest BCUT2D eigenvalue weighted by molar-refractivity contribution is 0.494. The lowest BCUT2D eigenvalue weighted by Gasteiger charge is -2.03. The van der Waals surface area contributed by atoms with Crippen LogP contribution in [-0.4, -0.2) is 10.2 Å². The molecule has 0 aliphatic carbocycles. The highest BCUT2D eigenvalue weighted by molar-refractivity contribution is 7.98. The first-order chi connectivity index (χ1) is 9.72. The van der Waals surface area contributed by atoms with E-state index >= 15 is 0 Å². The van der Waals surface area contributed by atoms with Crippen LogP contribution in [0.5, 0.6) is 0 Å². The van der Waals surface area contributed by atoms with Crippen LogP contribution in [0, 0.1) is 0 Å². The number of hydrogen-bond acceptors (Lipinski definition) is 6. The topological polar surface area (TPSA) is 78.1 Å². The van der Waals surface area contributed by atoms with Crippen LogP contribution >= 0.6 is 23.4 Å². The van der Waals surface area contributed by atoms with Gasteiger partial charge >= 0.3 is 0 Å². The maximum Gasteiger partial charge on any atom is 0.283 e. The predicted molar refractivity (Wildman–Crippen MR) is 77.4 cm³/mol. The zero-order chi connectivity index (χ0) is 13.9. The van der Waals surface area contributed by atoms with Crippen molar-refractivity contribution in [1.29, 1.82) is 0 Å². The van der Waals surface area contributed by atoms with Crippen LogP contribution < -0.4 is 5.73 Å². The molecule has 0 amide bonds. The van der Waals surface area contributed by atoms with Gasteiger partial charge in [0, 0.05) is 15.6 Å².